The van der Waals surface area contributed by atoms with Crippen molar-refractivity contribution in [2.24, 2.45) is 17.8 Å². The van der Waals surface area contributed by atoms with Gasteiger partial charge in [-0.1, -0.05) is 24.6 Å². The number of fused-ring (bicyclic) bond motifs is 3. The second-order valence-corrected chi connectivity index (χ2v) is 6.57. The highest BCUT2D eigenvalue weighted by Gasteiger charge is 2.40. The van der Waals surface area contributed by atoms with Crippen LogP contribution in [0.2, 0.25) is 0 Å². The predicted octanol–water partition coefficient (Wildman–Crippen LogP) is 4.00. The zero-order valence-electron chi connectivity index (χ0n) is 12.1. The first-order valence-electron chi connectivity index (χ1n) is 7.93. The number of amides is 1. The second kappa shape index (κ2) is 5.14. The van der Waals surface area contributed by atoms with Gasteiger partial charge in [-0.3, -0.25) is 9.78 Å². The van der Waals surface area contributed by atoms with Crippen LogP contribution in [0, 0.1) is 17.8 Å². The quantitative estimate of drug-likeness (QED) is 0.923. The standard InChI is InChI=1S/C18H20N2O/c21-17(11-15-10-12-6-7-14(15)9-12)20-16-5-1-3-13-4-2-8-19-18(13)16/h1-5,8,12,14-15H,6-7,9-11H2,(H,20,21)/t12-,14-,15-/m0/s1. The van der Waals surface area contributed by atoms with Gasteiger partial charge >= 0.3 is 0 Å². The highest BCUT2D eigenvalue weighted by molar-refractivity contribution is 6.00. The number of nitrogens with zero attached hydrogens (tertiary/aromatic N) is 1. The van der Waals surface area contributed by atoms with E-state index in [1.807, 2.05) is 30.3 Å². The summed E-state index contributed by atoms with van der Waals surface area (Å²) in [6.07, 6.45) is 7.77. The first-order chi connectivity index (χ1) is 10.3. The van der Waals surface area contributed by atoms with Gasteiger partial charge in [0.1, 0.15) is 0 Å². The number of carbonyl (C=O) groups excluding carboxylic acids is 1. The van der Waals surface area contributed by atoms with Gasteiger partial charge in [0, 0.05) is 18.0 Å². The lowest BCUT2D eigenvalue weighted by molar-refractivity contribution is -0.117. The minimum Gasteiger partial charge on any atom is -0.324 e. The third-order valence-electron chi connectivity index (χ3n) is 5.24. The van der Waals surface area contributed by atoms with Crippen LogP contribution in [0.5, 0.6) is 0 Å². The fourth-order valence-electron chi connectivity index (χ4n) is 4.27. The molecule has 0 spiro atoms. The Labute approximate surface area is 124 Å². The van der Waals surface area contributed by atoms with E-state index in [-0.39, 0.29) is 5.91 Å². The minimum absolute atomic E-state index is 0.144. The summed E-state index contributed by atoms with van der Waals surface area (Å²) in [6.45, 7) is 0. The van der Waals surface area contributed by atoms with Crippen molar-refractivity contribution in [3.63, 3.8) is 0 Å². The highest BCUT2D eigenvalue weighted by atomic mass is 16.1. The van der Waals surface area contributed by atoms with Crippen molar-refractivity contribution < 1.29 is 4.79 Å². The Hall–Kier alpha value is -1.90. The first-order valence-corrected chi connectivity index (χ1v) is 7.93. The smallest absolute Gasteiger partial charge is 0.224 e. The molecule has 1 aromatic carbocycles. The van der Waals surface area contributed by atoms with Gasteiger partial charge < -0.3 is 5.32 Å². The zero-order chi connectivity index (χ0) is 14.2. The van der Waals surface area contributed by atoms with Crippen LogP contribution in [-0.4, -0.2) is 10.9 Å². The molecule has 2 aliphatic carbocycles. The normalized spacial score (nSPS) is 27.1. The highest BCUT2D eigenvalue weighted by Crippen LogP contribution is 2.49. The Morgan fingerprint density at radius 1 is 1.19 bits per heavy atom. The van der Waals surface area contributed by atoms with Crippen molar-refractivity contribution in [3.8, 4) is 0 Å². The van der Waals surface area contributed by atoms with Crippen LogP contribution in [-0.2, 0) is 4.79 Å². The number of hydrogen-bond acceptors (Lipinski definition) is 2. The van der Waals surface area contributed by atoms with Crippen LogP contribution in [0.1, 0.15) is 32.1 Å². The number of hydrogen-bond donors (Lipinski definition) is 1. The van der Waals surface area contributed by atoms with Gasteiger partial charge in [-0.25, -0.2) is 0 Å². The Kier molecular flexibility index (Phi) is 3.13. The van der Waals surface area contributed by atoms with E-state index in [1.165, 1.54) is 25.7 Å². The van der Waals surface area contributed by atoms with Gasteiger partial charge in [0.2, 0.25) is 5.91 Å². The van der Waals surface area contributed by atoms with Gasteiger partial charge in [-0.2, -0.15) is 0 Å². The largest absolute Gasteiger partial charge is 0.324 e. The molecule has 0 saturated heterocycles. The van der Waals surface area contributed by atoms with Crippen molar-refractivity contribution in [2.45, 2.75) is 32.1 Å². The summed E-state index contributed by atoms with van der Waals surface area (Å²) < 4.78 is 0. The van der Waals surface area contributed by atoms with E-state index in [2.05, 4.69) is 10.3 Å². The monoisotopic (exact) mass is 280 g/mol. The van der Waals surface area contributed by atoms with E-state index in [0.29, 0.717) is 12.3 Å². The molecule has 0 unspecified atom stereocenters. The van der Waals surface area contributed by atoms with Crippen LogP contribution in [0.3, 0.4) is 0 Å². The molecule has 0 radical (unpaired) electrons. The van der Waals surface area contributed by atoms with Crippen molar-refractivity contribution in [1.82, 2.24) is 4.98 Å². The van der Waals surface area contributed by atoms with Crippen LogP contribution >= 0.6 is 0 Å². The molecule has 3 atom stereocenters. The summed E-state index contributed by atoms with van der Waals surface area (Å²) in [5.74, 6) is 2.44. The van der Waals surface area contributed by atoms with Gasteiger partial charge in [-0.15, -0.1) is 0 Å². The average molecular weight is 280 g/mol. The molecule has 2 bridgehead atoms. The van der Waals surface area contributed by atoms with E-state index in [0.717, 1.165) is 28.4 Å². The molecule has 3 nitrogen and oxygen atoms in total. The number of pyridine rings is 1. The number of benzene rings is 1. The third kappa shape index (κ3) is 2.41. The van der Waals surface area contributed by atoms with E-state index in [9.17, 15) is 4.79 Å². The number of anilines is 1. The Bertz CT molecular complexity index is 676. The summed E-state index contributed by atoms with van der Waals surface area (Å²) in [4.78, 5) is 16.7. The molecule has 4 rings (SSSR count). The van der Waals surface area contributed by atoms with Crippen molar-refractivity contribution in [2.75, 3.05) is 5.32 Å². The van der Waals surface area contributed by atoms with Crippen LogP contribution < -0.4 is 5.32 Å². The maximum atomic E-state index is 12.3. The lowest BCUT2D eigenvalue weighted by Crippen LogP contribution is -2.20. The van der Waals surface area contributed by atoms with E-state index in [1.54, 1.807) is 6.20 Å². The fraction of sp³-hybridized carbons (Fsp3) is 0.444. The summed E-state index contributed by atoms with van der Waals surface area (Å²) in [5, 5.41) is 4.13. The maximum Gasteiger partial charge on any atom is 0.224 e. The predicted molar refractivity (Wildman–Crippen MR) is 83.9 cm³/mol. The summed E-state index contributed by atoms with van der Waals surface area (Å²) in [6, 6.07) is 9.87. The summed E-state index contributed by atoms with van der Waals surface area (Å²) >= 11 is 0. The molecule has 2 aliphatic rings. The number of para-hydroxylation sites is 1. The van der Waals surface area contributed by atoms with E-state index >= 15 is 0 Å². The van der Waals surface area contributed by atoms with Crippen LogP contribution in [0.25, 0.3) is 10.9 Å². The first kappa shape index (κ1) is 12.8. The molecule has 2 saturated carbocycles. The molecule has 2 aromatic rings. The lowest BCUT2D eigenvalue weighted by atomic mass is 9.86. The van der Waals surface area contributed by atoms with E-state index in [4.69, 9.17) is 0 Å². The van der Waals surface area contributed by atoms with Crippen LogP contribution in [0.15, 0.2) is 36.5 Å². The lowest BCUT2D eigenvalue weighted by Gasteiger charge is -2.21. The summed E-state index contributed by atoms with van der Waals surface area (Å²) in [5.41, 5.74) is 1.71. The molecule has 21 heavy (non-hydrogen) atoms. The van der Waals surface area contributed by atoms with Gasteiger partial charge in [-0.05, 0) is 49.1 Å². The number of rotatable bonds is 3. The minimum atomic E-state index is 0.144. The van der Waals surface area contributed by atoms with Crippen molar-refractivity contribution in [3.05, 3.63) is 36.5 Å². The van der Waals surface area contributed by atoms with Gasteiger partial charge in [0.05, 0.1) is 11.2 Å². The van der Waals surface area contributed by atoms with Gasteiger partial charge in [0.15, 0.2) is 0 Å². The number of carbonyl (C=O) groups is 1. The molecule has 0 aliphatic heterocycles. The Morgan fingerprint density at radius 2 is 2.10 bits per heavy atom. The zero-order valence-corrected chi connectivity index (χ0v) is 12.1. The molecule has 3 heteroatoms. The third-order valence-corrected chi connectivity index (χ3v) is 5.24. The Morgan fingerprint density at radius 3 is 2.90 bits per heavy atom. The SMILES string of the molecule is O=C(C[C@@H]1C[C@H]2CC[C@H]1C2)Nc1cccc2cccnc12. The topological polar surface area (TPSA) is 42.0 Å². The molecule has 1 N–H and O–H groups in total. The number of nitrogens with one attached hydrogen (secondary N) is 1. The molecular formula is C18H20N2O. The van der Waals surface area contributed by atoms with Crippen molar-refractivity contribution >= 4 is 22.5 Å². The molecule has 1 amide bonds. The van der Waals surface area contributed by atoms with Gasteiger partial charge in [0.25, 0.3) is 0 Å². The average Bonchev–Trinajstić information content (AvgIpc) is 3.10. The summed E-state index contributed by atoms with van der Waals surface area (Å²) in [7, 11) is 0. The van der Waals surface area contributed by atoms with Crippen molar-refractivity contribution in [1.29, 1.82) is 0 Å². The molecule has 2 fully saturated rings. The molecular weight excluding hydrogens is 260 g/mol. The van der Waals surface area contributed by atoms with E-state index < -0.39 is 0 Å². The maximum absolute atomic E-state index is 12.3. The fourth-order valence-corrected chi connectivity index (χ4v) is 4.27. The molecule has 108 valence electrons. The van der Waals surface area contributed by atoms with Crippen LogP contribution in [0.4, 0.5) is 5.69 Å². The Balaban J connectivity index is 1.48. The molecule has 1 aromatic heterocycles. The second-order valence-electron chi connectivity index (χ2n) is 6.57. The molecule has 1 heterocycles. The number of aromatic nitrogens is 1.